The number of rotatable bonds is 1. The Morgan fingerprint density at radius 2 is 1.73 bits per heavy atom. The first-order chi connectivity index (χ1) is 6.99. The molecule has 2 bridgehead atoms. The maximum Gasteiger partial charge on any atom is 0.0182 e. The van der Waals surface area contributed by atoms with Crippen LogP contribution in [0.5, 0.6) is 0 Å². The van der Waals surface area contributed by atoms with Gasteiger partial charge in [-0.15, -0.1) is 0 Å². The van der Waals surface area contributed by atoms with Gasteiger partial charge in [0, 0.05) is 6.04 Å². The van der Waals surface area contributed by atoms with Crippen LogP contribution in [-0.2, 0) is 0 Å². The van der Waals surface area contributed by atoms with E-state index in [9.17, 15) is 0 Å². The third-order valence-corrected chi connectivity index (χ3v) is 6.77. The topological polar surface area (TPSA) is 12.0 Å². The van der Waals surface area contributed by atoms with Gasteiger partial charge in [-0.25, -0.2) is 0 Å². The fourth-order valence-electron chi connectivity index (χ4n) is 5.71. The number of fused-ring (bicyclic) bond motifs is 3. The molecule has 0 aromatic heterocycles. The van der Waals surface area contributed by atoms with E-state index in [-0.39, 0.29) is 0 Å². The third kappa shape index (κ3) is 0.833. The van der Waals surface area contributed by atoms with Gasteiger partial charge in [-0.2, -0.15) is 0 Å². The predicted octanol–water partition coefficient (Wildman–Crippen LogP) is 3.20. The van der Waals surface area contributed by atoms with Crippen LogP contribution in [0.1, 0.15) is 52.9 Å². The summed E-state index contributed by atoms with van der Waals surface area (Å²) < 4.78 is 0. The van der Waals surface area contributed by atoms with Gasteiger partial charge in [-0.1, -0.05) is 27.2 Å². The Morgan fingerprint density at radius 3 is 2.13 bits per heavy atom. The molecule has 1 spiro atoms. The average Bonchev–Trinajstić information content (AvgIpc) is 2.42. The summed E-state index contributed by atoms with van der Waals surface area (Å²) in [6, 6.07) is 0.785. The molecule has 0 aliphatic heterocycles. The van der Waals surface area contributed by atoms with Crippen LogP contribution in [-0.4, -0.2) is 13.1 Å². The van der Waals surface area contributed by atoms with Gasteiger partial charge in [0.1, 0.15) is 0 Å². The minimum Gasteiger partial charge on any atom is -0.316 e. The van der Waals surface area contributed by atoms with Crippen LogP contribution in [0.2, 0.25) is 0 Å². The zero-order valence-corrected chi connectivity index (χ0v) is 10.7. The molecule has 3 aliphatic rings. The first-order valence-electron chi connectivity index (χ1n) is 6.66. The molecule has 0 saturated heterocycles. The van der Waals surface area contributed by atoms with E-state index in [0.29, 0.717) is 16.2 Å². The van der Waals surface area contributed by atoms with Crippen molar-refractivity contribution in [2.75, 3.05) is 7.05 Å². The number of nitrogens with one attached hydrogen (secondary N) is 1. The number of hydrogen-bond donors (Lipinski definition) is 1. The van der Waals surface area contributed by atoms with E-state index in [1.807, 2.05) is 0 Å². The van der Waals surface area contributed by atoms with Gasteiger partial charge in [0.2, 0.25) is 0 Å². The van der Waals surface area contributed by atoms with E-state index in [4.69, 9.17) is 0 Å². The summed E-state index contributed by atoms with van der Waals surface area (Å²) in [6.45, 7) is 7.60. The first kappa shape index (κ1) is 10.1. The summed E-state index contributed by atoms with van der Waals surface area (Å²) in [6.07, 6.45) is 7.38. The zero-order chi connectivity index (χ0) is 10.9. The Labute approximate surface area is 94.0 Å². The van der Waals surface area contributed by atoms with Crippen LogP contribution in [0.15, 0.2) is 0 Å². The normalized spacial score (nSPS) is 49.6. The third-order valence-electron chi connectivity index (χ3n) is 6.77. The first-order valence-corrected chi connectivity index (χ1v) is 6.66. The van der Waals surface area contributed by atoms with Crippen molar-refractivity contribution < 1.29 is 0 Å². The summed E-state index contributed by atoms with van der Waals surface area (Å²) in [5.41, 5.74) is 1.79. The predicted molar refractivity (Wildman–Crippen MR) is 63.7 cm³/mol. The van der Waals surface area contributed by atoms with Crippen LogP contribution >= 0.6 is 0 Å². The van der Waals surface area contributed by atoms with Gasteiger partial charge in [0.25, 0.3) is 0 Å². The van der Waals surface area contributed by atoms with Gasteiger partial charge in [-0.3, -0.25) is 0 Å². The lowest BCUT2D eigenvalue weighted by atomic mass is 9.55. The van der Waals surface area contributed by atoms with Crippen molar-refractivity contribution in [1.29, 1.82) is 0 Å². The molecule has 1 N–H and O–H groups in total. The highest BCUT2D eigenvalue weighted by atomic mass is 15.0. The number of hydrogen-bond acceptors (Lipinski definition) is 1. The molecule has 3 atom stereocenters. The molecule has 0 amide bonds. The summed E-state index contributed by atoms with van der Waals surface area (Å²) in [4.78, 5) is 0. The molecule has 1 nitrogen and oxygen atoms in total. The lowest BCUT2D eigenvalue weighted by Gasteiger charge is -2.53. The standard InChI is InChI=1S/C14H25N/c1-12(2)10-6-9-13(12,3)11(15-4)14(10)7-5-8-14/h10-11,15H,5-9H2,1-4H3/t10-,11-,13-/m0/s1. The molecule has 0 aromatic rings. The van der Waals surface area contributed by atoms with E-state index in [0.717, 1.165) is 12.0 Å². The Hall–Kier alpha value is -0.0400. The highest BCUT2D eigenvalue weighted by molar-refractivity contribution is 5.24. The Morgan fingerprint density at radius 1 is 1.07 bits per heavy atom. The maximum absolute atomic E-state index is 3.68. The van der Waals surface area contributed by atoms with Gasteiger partial charge in [0.05, 0.1) is 0 Å². The molecule has 15 heavy (non-hydrogen) atoms. The second-order valence-electron chi connectivity index (χ2n) is 7.04. The summed E-state index contributed by atoms with van der Waals surface area (Å²) >= 11 is 0. The molecule has 0 heterocycles. The smallest absolute Gasteiger partial charge is 0.0182 e. The monoisotopic (exact) mass is 207 g/mol. The minimum absolute atomic E-state index is 0.548. The van der Waals surface area contributed by atoms with Crippen LogP contribution in [0.4, 0.5) is 0 Å². The second-order valence-corrected chi connectivity index (χ2v) is 7.04. The molecule has 3 aliphatic carbocycles. The van der Waals surface area contributed by atoms with Crippen LogP contribution in [0, 0.1) is 22.2 Å². The lowest BCUT2D eigenvalue weighted by Crippen LogP contribution is -2.55. The molecule has 0 aromatic carbocycles. The Balaban J connectivity index is 2.08. The summed E-state index contributed by atoms with van der Waals surface area (Å²) in [5, 5.41) is 3.68. The highest BCUT2D eigenvalue weighted by Crippen LogP contribution is 2.76. The zero-order valence-electron chi connectivity index (χ0n) is 10.7. The van der Waals surface area contributed by atoms with Crippen molar-refractivity contribution in [2.45, 2.75) is 58.9 Å². The molecule has 3 saturated carbocycles. The van der Waals surface area contributed by atoms with Crippen molar-refractivity contribution in [3.8, 4) is 0 Å². The van der Waals surface area contributed by atoms with Crippen LogP contribution in [0.3, 0.4) is 0 Å². The quantitative estimate of drug-likeness (QED) is 0.696. The molecule has 3 rings (SSSR count). The second kappa shape index (κ2) is 2.61. The van der Waals surface area contributed by atoms with E-state index in [1.54, 1.807) is 0 Å². The minimum atomic E-state index is 0.548. The average molecular weight is 207 g/mol. The summed E-state index contributed by atoms with van der Waals surface area (Å²) in [5.74, 6) is 0.987. The summed E-state index contributed by atoms with van der Waals surface area (Å²) in [7, 11) is 2.19. The van der Waals surface area contributed by atoms with E-state index < -0.39 is 0 Å². The van der Waals surface area contributed by atoms with Crippen molar-refractivity contribution in [3.63, 3.8) is 0 Å². The molecule has 1 heteroatoms. The fourth-order valence-corrected chi connectivity index (χ4v) is 5.71. The van der Waals surface area contributed by atoms with Crippen molar-refractivity contribution >= 4 is 0 Å². The molecular formula is C14H25N. The highest BCUT2D eigenvalue weighted by Gasteiger charge is 2.72. The van der Waals surface area contributed by atoms with Gasteiger partial charge >= 0.3 is 0 Å². The largest absolute Gasteiger partial charge is 0.316 e. The van der Waals surface area contributed by atoms with E-state index in [2.05, 4.69) is 33.1 Å². The fraction of sp³-hybridized carbons (Fsp3) is 1.00. The van der Waals surface area contributed by atoms with Gasteiger partial charge in [0.15, 0.2) is 0 Å². The Bertz CT molecular complexity index is 290. The van der Waals surface area contributed by atoms with E-state index >= 15 is 0 Å². The molecule has 0 unspecified atom stereocenters. The lowest BCUT2D eigenvalue weighted by molar-refractivity contribution is 0.000768. The van der Waals surface area contributed by atoms with Crippen LogP contribution < -0.4 is 5.32 Å². The molecular weight excluding hydrogens is 182 g/mol. The van der Waals surface area contributed by atoms with E-state index in [1.165, 1.54) is 32.1 Å². The molecule has 0 radical (unpaired) electrons. The van der Waals surface area contributed by atoms with Crippen LogP contribution in [0.25, 0.3) is 0 Å². The maximum atomic E-state index is 3.68. The van der Waals surface area contributed by atoms with Crippen molar-refractivity contribution in [1.82, 2.24) is 5.32 Å². The van der Waals surface area contributed by atoms with Crippen molar-refractivity contribution in [2.24, 2.45) is 22.2 Å². The molecule has 86 valence electrons. The van der Waals surface area contributed by atoms with Gasteiger partial charge < -0.3 is 5.32 Å². The Kier molecular flexibility index (Phi) is 1.77. The SMILES string of the molecule is CN[C@@H]1C2(CCC2)[C@H]2CC[C@]1(C)C2(C)C. The van der Waals surface area contributed by atoms with Crippen molar-refractivity contribution in [3.05, 3.63) is 0 Å². The van der Waals surface area contributed by atoms with Gasteiger partial charge in [-0.05, 0) is 54.9 Å². The molecule has 3 fully saturated rings.